The summed E-state index contributed by atoms with van der Waals surface area (Å²) in [5, 5.41) is 5.28. The zero-order chi connectivity index (χ0) is 14.2. The van der Waals surface area contributed by atoms with Gasteiger partial charge < -0.3 is 15.4 Å². The summed E-state index contributed by atoms with van der Waals surface area (Å²) in [6.45, 7) is 7.90. The molecule has 0 aromatic rings. The summed E-state index contributed by atoms with van der Waals surface area (Å²) in [6, 6.07) is 0. The molecule has 1 unspecified atom stereocenters. The Balaban J connectivity index is 3.57. The van der Waals surface area contributed by atoms with E-state index in [1.165, 1.54) is 0 Å². The van der Waals surface area contributed by atoms with E-state index in [0.717, 1.165) is 11.5 Å². The fourth-order valence-electron chi connectivity index (χ4n) is 1.12. The Bertz CT molecular complexity index is 277. The molecule has 0 aliphatic carbocycles. The van der Waals surface area contributed by atoms with Gasteiger partial charge in [-0.25, -0.2) is 4.79 Å². The van der Waals surface area contributed by atoms with Gasteiger partial charge in [0, 0.05) is 31.0 Å². The maximum absolute atomic E-state index is 11.3. The third-order valence-electron chi connectivity index (χ3n) is 1.98. The number of thioether (sulfide) groups is 1. The molecule has 0 aliphatic rings. The Kier molecular flexibility index (Phi) is 7.82. The summed E-state index contributed by atoms with van der Waals surface area (Å²) in [5.74, 6) is 1.54. The van der Waals surface area contributed by atoms with Crippen LogP contribution in [0.15, 0.2) is 0 Å². The molecule has 0 bridgehead atoms. The number of nitrogens with one attached hydrogen (secondary N) is 2. The van der Waals surface area contributed by atoms with Gasteiger partial charge in [-0.1, -0.05) is 6.92 Å². The summed E-state index contributed by atoms with van der Waals surface area (Å²) in [6.07, 6.45) is -0.401. The zero-order valence-corrected chi connectivity index (χ0v) is 12.6. The fourth-order valence-corrected chi connectivity index (χ4v) is 2.04. The van der Waals surface area contributed by atoms with E-state index < -0.39 is 11.7 Å². The van der Waals surface area contributed by atoms with Crippen molar-refractivity contribution in [3.63, 3.8) is 0 Å². The molecule has 106 valence electrons. The lowest BCUT2D eigenvalue weighted by Gasteiger charge is -2.19. The third kappa shape index (κ3) is 9.15. The minimum atomic E-state index is -0.467. The minimum absolute atomic E-state index is 0.0125. The second-order valence-electron chi connectivity index (χ2n) is 5.02. The van der Waals surface area contributed by atoms with Crippen LogP contribution >= 0.6 is 11.8 Å². The largest absolute Gasteiger partial charge is 0.444 e. The van der Waals surface area contributed by atoms with Crippen molar-refractivity contribution in [1.82, 2.24) is 10.6 Å². The SMILES string of the molecule is CNC(=O)C(C)CSCCNC(=O)OC(C)(C)C. The lowest BCUT2D eigenvalue weighted by atomic mass is 10.2. The van der Waals surface area contributed by atoms with E-state index in [0.29, 0.717) is 6.54 Å². The van der Waals surface area contributed by atoms with Gasteiger partial charge in [0.15, 0.2) is 0 Å². The zero-order valence-electron chi connectivity index (χ0n) is 11.8. The van der Waals surface area contributed by atoms with Crippen molar-refractivity contribution in [1.29, 1.82) is 0 Å². The molecule has 0 fully saturated rings. The molecule has 1 atom stereocenters. The first-order valence-electron chi connectivity index (χ1n) is 6.02. The Labute approximate surface area is 113 Å². The molecule has 0 aromatic heterocycles. The fraction of sp³-hybridized carbons (Fsp3) is 0.833. The molecular weight excluding hydrogens is 252 g/mol. The lowest BCUT2D eigenvalue weighted by Crippen LogP contribution is -2.33. The van der Waals surface area contributed by atoms with Gasteiger partial charge in [-0.3, -0.25) is 4.79 Å². The molecule has 2 amide bonds. The summed E-state index contributed by atoms with van der Waals surface area (Å²) in [4.78, 5) is 22.5. The van der Waals surface area contributed by atoms with Crippen LogP contribution in [-0.4, -0.2) is 42.7 Å². The van der Waals surface area contributed by atoms with E-state index in [4.69, 9.17) is 4.74 Å². The van der Waals surface area contributed by atoms with Gasteiger partial charge in [0.05, 0.1) is 0 Å². The first kappa shape index (κ1) is 17.1. The van der Waals surface area contributed by atoms with E-state index in [2.05, 4.69) is 10.6 Å². The third-order valence-corrected chi connectivity index (χ3v) is 3.20. The molecule has 2 N–H and O–H groups in total. The average molecular weight is 276 g/mol. The van der Waals surface area contributed by atoms with Crippen molar-refractivity contribution in [3.05, 3.63) is 0 Å². The monoisotopic (exact) mass is 276 g/mol. The van der Waals surface area contributed by atoms with Gasteiger partial charge in [-0.05, 0) is 20.8 Å². The number of hydrogen-bond donors (Lipinski definition) is 2. The van der Waals surface area contributed by atoms with Crippen LogP contribution in [0.4, 0.5) is 4.79 Å². The standard InChI is InChI=1S/C12H24N2O3S/c1-9(10(15)13-5)8-18-7-6-14-11(16)17-12(2,3)4/h9H,6-8H2,1-5H3,(H,13,15)(H,14,16). The summed E-state index contributed by atoms with van der Waals surface area (Å²) >= 11 is 1.63. The van der Waals surface area contributed by atoms with Crippen molar-refractivity contribution in [2.75, 3.05) is 25.1 Å². The van der Waals surface area contributed by atoms with E-state index in [9.17, 15) is 9.59 Å². The molecule has 5 nitrogen and oxygen atoms in total. The smallest absolute Gasteiger partial charge is 0.407 e. The highest BCUT2D eigenvalue weighted by molar-refractivity contribution is 7.99. The molecule has 0 spiro atoms. The van der Waals surface area contributed by atoms with Crippen LogP contribution in [0.1, 0.15) is 27.7 Å². The van der Waals surface area contributed by atoms with Gasteiger partial charge in [-0.2, -0.15) is 11.8 Å². The van der Waals surface area contributed by atoms with Crippen molar-refractivity contribution in [2.24, 2.45) is 5.92 Å². The van der Waals surface area contributed by atoms with Gasteiger partial charge >= 0.3 is 6.09 Å². The maximum Gasteiger partial charge on any atom is 0.407 e. The number of ether oxygens (including phenoxy) is 1. The van der Waals surface area contributed by atoms with Crippen LogP contribution in [0.25, 0.3) is 0 Å². The molecule has 0 aromatic carbocycles. The molecule has 18 heavy (non-hydrogen) atoms. The number of carbonyl (C=O) groups is 2. The number of hydrogen-bond acceptors (Lipinski definition) is 4. The maximum atomic E-state index is 11.3. The quantitative estimate of drug-likeness (QED) is 0.724. The van der Waals surface area contributed by atoms with Gasteiger partial charge in [-0.15, -0.1) is 0 Å². The van der Waals surface area contributed by atoms with Gasteiger partial charge in [0.25, 0.3) is 0 Å². The Hall–Kier alpha value is -0.910. The predicted octanol–water partition coefficient (Wildman–Crippen LogP) is 1.63. The van der Waals surface area contributed by atoms with Crippen LogP contribution in [0.5, 0.6) is 0 Å². The Morgan fingerprint density at radius 3 is 2.44 bits per heavy atom. The second kappa shape index (κ2) is 8.24. The number of amides is 2. The molecule has 6 heteroatoms. The topological polar surface area (TPSA) is 67.4 Å². The lowest BCUT2D eigenvalue weighted by molar-refractivity contribution is -0.123. The van der Waals surface area contributed by atoms with E-state index in [1.807, 2.05) is 27.7 Å². The van der Waals surface area contributed by atoms with Gasteiger partial charge in [0.1, 0.15) is 5.60 Å². The Morgan fingerprint density at radius 1 is 1.33 bits per heavy atom. The molecule has 0 saturated heterocycles. The molecule has 0 aliphatic heterocycles. The number of carbonyl (C=O) groups excluding carboxylic acids is 2. The highest BCUT2D eigenvalue weighted by atomic mass is 32.2. The Morgan fingerprint density at radius 2 is 1.94 bits per heavy atom. The van der Waals surface area contributed by atoms with Crippen LogP contribution in [0.2, 0.25) is 0 Å². The van der Waals surface area contributed by atoms with Crippen molar-refractivity contribution in [2.45, 2.75) is 33.3 Å². The number of rotatable bonds is 6. The van der Waals surface area contributed by atoms with Crippen LogP contribution in [0, 0.1) is 5.92 Å². The van der Waals surface area contributed by atoms with Crippen molar-refractivity contribution in [3.8, 4) is 0 Å². The first-order valence-corrected chi connectivity index (χ1v) is 7.18. The van der Waals surface area contributed by atoms with E-state index in [1.54, 1.807) is 18.8 Å². The summed E-state index contributed by atoms with van der Waals surface area (Å²) in [7, 11) is 1.63. The van der Waals surface area contributed by atoms with Crippen molar-refractivity contribution >= 4 is 23.8 Å². The highest BCUT2D eigenvalue weighted by Crippen LogP contribution is 2.08. The molecule has 0 heterocycles. The van der Waals surface area contributed by atoms with Crippen LogP contribution in [0.3, 0.4) is 0 Å². The summed E-state index contributed by atoms with van der Waals surface area (Å²) in [5.41, 5.74) is -0.467. The summed E-state index contributed by atoms with van der Waals surface area (Å²) < 4.78 is 5.10. The van der Waals surface area contributed by atoms with E-state index >= 15 is 0 Å². The predicted molar refractivity (Wildman–Crippen MR) is 74.8 cm³/mol. The average Bonchev–Trinajstić information content (AvgIpc) is 2.24. The number of alkyl carbamates (subject to hydrolysis) is 1. The first-order chi connectivity index (χ1) is 8.26. The molecular formula is C12H24N2O3S. The molecule has 0 radical (unpaired) electrons. The highest BCUT2D eigenvalue weighted by Gasteiger charge is 2.15. The van der Waals surface area contributed by atoms with Gasteiger partial charge in [0.2, 0.25) is 5.91 Å². The molecule has 0 saturated carbocycles. The van der Waals surface area contributed by atoms with Crippen LogP contribution < -0.4 is 10.6 Å². The van der Waals surface area contributed by atoms with Crippen LogP contribution in [-0.2, 0) is 9.53 Å². The van der Waals surface area contributed by atoms with Crippen molar-refractivity contribution < 1.29 is 14.3 Å². The normalized spacial score (nSPS) is 12.7. The minimum Gasteiger partial charge on any atom is -0.444 e. The second-order valence-corrected chi connectivity index (χ2v) is 6.17. The molecule has 0 rings (SSSR count). The van der Waals surface area contributed by atoms with E-state index in [-0.39, 0.29) is 11.8 Å².